The highest BCUT2D eigenvalue weighted by Crippen LogP contribution is 2.40. The number of anilines is 1. The Kier molecular flexibility index (Phi) is 5.31. The number of aromatic nitrogens is 2. The lowest BCUT2D eigenvalue weighted by atomic mass is 10.1. The minimum absolute atomic E-state index is 0.00490. The number of hydrogen-bond acceptors (Lipinski definition) is 4. The van der Waals surface area contributed by atoms with Gasteiger partial charge in [0.2, 0.25) is 10.0 Å². The number of carbonyl (C=O) groups is 1. The normalized spacial score (nSPS) is 14.9. The van der Waals surface area contributed by atoms with Crippen LogP contribution in [0.3, 0.4) is 0 Å². The smallest absolute Gasteiger partial charge is 0.320 e. The zero-order valence-electron chi connectivity index (χ0n) is 16.4. The third-order valence-electron chi connectivity index (χ3n) is 5.00. The lowest BCUT2D eigenvalue weighted by Crippen LogP contribution is -2.32. The van der Waals surface area contributed by atoms with Gasteiger partial charge in [-0.1, -0.05) is 30.3 Å². The number of primary sulfonamides is 1. The maximum absolute atomic E-state index is 12.7. The van der Waals surface area contributed by atoms with Gasteiger partial charge in [0.1, 0.15) is 5.82 Å². The van der Waals surface area contributed by atoms with Crippen molar-refractivity contribution in [2.45, 2.75) is 36.6 Å². The largest absolute Gasteiger partial charge is 0.331 e. The predicted octanol–water partition coefficient (Wildman–Crippen LogP) is 3.28. The van der Waals surface area contributed by atoms with Crippen molar-refractivity contribution in [3.05, 3.63) is 71.9 Å². The van der Waals surface area contributed by atoms with E-state index < -0.39 is 22.1 Å². The molecule has 30 heavy (non-hydrogen) atoms. The molecule has 9 heteroatoms. The fourth-order valence-electron chi connectivity index (χ4n) is 3.23. The molecule has 1 fully saturated rings. The molecular formula is C21H23N5O3S. The summed E-state index contributed by atoms with van der Waals surface area (Å²) in [5.41, 5.74) is 2.45. The van der Waals surface area contributed by atoms with Crippen LogP contribution in [0.2, 0.25) is 0 Å². The highest BCUT2D eigenvalue weighted by molar-refractivity contribution is 7.89. The van der Waals surface area contributed by atoms with Crippen LogP contribution in [0.4, 0.5) is 10.6 Å². The highest BCUT2D eigenvalue weighted by Gasteiger charge is 2.28. The Bertz CT molecular complexity index is 1170. The van der Waals surface area contributed by atoms with Crippen LogP contribution in [0.1, 0.15) is 43.0 Å². The molecule has 0 bridgehead atoms. The molecule has 1 heterocycles. The van der Waals surface area contributed by atoms with Crippen molar-refractivity contribution in [3.63, 3.8) is 0 Å². The predicted molar refractivity (Wildman–Crippen MR) is 114 cm³/mol. The van der Waals surface area contributed by atoms with E-state index >= 15 is 0 Å². The van der Waals surface area contributed by atoms with Crippen molar-refractivity contribution >= 4 is 21.9 Å². The third-order valence-corrected chi connectivity index (χ3v) is 5.91. The van der Waals surface area contributed by atoms with Gasteiger partial charge in [-0.05, 0) is 49.6 Å². The third kappa shape index (κ3) is 4.52. The first-order valence-electron chi connectivity index (χ1n) is 9.67. The van der Waals surface area contributed by atoms with E-state index in [0.717, 1.165) is 24.2 Å². The van der Waals surface area contributed by atoms with Crippen molar-refractivity contribution in [1.82, 2.24) is 15.1 Å². The summed E-state index contributed by atoms with van der Waals surface area (Å²) >= 11 is 0. The van der Waals surface area contributed by atoms with Crippen LogP contribution in [-0.2, 0) is 10.0 Å². The van der Waals surface area contributed by atoms with Crippen LogP contribution in [0.25, 0.3) is 5.69 Å². The summed E-state index contributed by atoms with van der Waals surface area (Å²) in [6.45, 7) is 1.77. The van der Waals surface area contributed by atoms with Crippen LogP contribution in [0.5, 0.6) is 0 Å². The molecule has 1 unspecified atom stereocenters. The molecule has 0 saturated heterocycles. The second kappa shape index (κ2) is 7.92. The lowest BCUT2D eigenvalue weighted by molar-refractivity contribution is 0.249. The zero-order chi connectivity index (χ0) is 21.3. The summed E-state index contributed by atoms with van der Waals surface area (Å²) in [7, 11) is -3.81. The number of nitrogens with two attached hydrogens (primary N) is 1. The number of nitrogens with zero attached hydrogens (tertiary/aromatic N) is 2. The molecule has 2 amide bonds. The van der Waals surface area contributed by atoms with Gasteiger partial charge < -0.3 is 5.32 Å². The lowest BCUT2D eigenvalue weighted by Gasteiger charge is -2.16. The summed E-state index contributed by atoms with van der Waals surface area (Å²) < 4.78 is 24.9. The number of nitrogens with one attached hydrogen (secondary N) is 2. The van der Waals surface area contributed by atoms with E-state index in [2.05, 4.69) is 15.7 Å². The van der Waals surface area contributed by atoms with E-state index in [1.807, 2.05) is 36.4 Å². The molecule has 1 atom stereocenters. The van der Waals surface area contributed by atoms with Gasteiger partial charge in [-0.2, -0.15) is 5.10 Å². The first kappa shape index (κ1) is 20.1. The number of urea groups is 1. The second-order valence-electron chi connectivity index (χ2n) is 7.41. The van der Waals surface area contributed by atoms with Gasteiger partial charge in [-0.25, -0.2) is 23.0 Å². The van der Waals surface area contributed by atoms with Crippen LogP contribution in [-0.4, -0.2) is 24.2 Å². The fourth-order valence-corrected chi connectivity index (χ4v) is 3.79. The summed E-state index contributed by atoms with van der Waals surface area (Å²) in [5, 5.41) is 15.6. The van der Waals surface area contributed by atoms with E-state index in [4.69, 9.17) is 5.14 Å². The number of rotatable bonds is 6. The molecule has 1 aromatic heterocycles. The average Bonchev–Trinajstić information content (AvgIpc) is 3.49. The SMILES string of the molecule is CC(NC(=O)Nc1cc(C2CC2)nn1-c1ccccc1)c1cccc(S(N)(=O)=O)c1. The van der Waals surface area contributed by atoms with Crippen molar-refractivity contribution in [2.24, 2.45) is 5.14 Å². The van der Waals surface area contributed by atoms with E-state index in [1.54, 1.807) is 23.7 Å². The highest BCUT2D eigenvalue weighted by atomic mass is 32.2. The molecule has 1 aliphatic carbocycles. The Balaban J connectivity index is 1.52. The number of sulfonamides is 1. The molecular weight excluding hydrogens is 402 g/mol. The van der Waals surface area contributed by atoms with Crippen molar-refractivity contribution in [1.29, 1.82) is 0 Å². The Morgan fingerprint density at radius 3 is 2.53 bits per heavy atom. The summed E-state index contributed by atoms with van der Waals surface area (Å²) in [6.07, 6.45) is 2.21. The molecule has 1 aliphatic rings. The van der Waals surface area contributed by atoms with Crippen LogP contribution in [0, 0.1) is 0 Å². The first-order chi connectivity index (χ1) is 14.3. The standard InChI is InChI=1S/C21H23N5O3S/c1-14(16-6-5-9-18(12-16)30(22,28)29)23-21(27)24-20-13-19(15-10-11-15)25-26(20)17-7-3-2-4-8-17/h2-9,12-15H,10-11H2,1H3,(H2,22,28,29)(H2,23,24,27). The molecule has 0 aliphatic heterocycles. The van der Waals surface area contributed by atoms with E-state index in [9.17, 15) is 13.2 Å². The molecule has 1 saturated carbocycles. The number of benzene rings is 2. The minimum Gasteiger partial charge on any atom is -0.331 e. The van der Waals surface area contributed by atoms with Gasteiger partial charge in [0.05, 0.1) is 22.3 Å². The van der Waals surface area contributed by atoms with Crippen molar-refractivity contribution in [3.8, 4) is 5.69 Å². The van der Waals surface area contributed by atoms with E-state index in [0.29, 0.717) is 17.3 Å². The topological polar surface area (TPSA) is 119 Å². The Hall–Kier alpha value is -3.17. The summed E-state index contributed by atoms with van der Waals surface area (Å²) in [4.78, 5) is 12.7. The van der Waals surface area contributed by atoms with E-state index in [1.165, 1.54) is 12.1 Å². The van der Waals surface area contributed by atoms with Gasteiger partial charge in [0.25, 0.3) is 0 Å². The van der Waals surface area contributed by atoms with Crippen molar-refractivity contribution in [2.75, 3.05) is 5.32 Å². The maximum Gasteiger partial charge on any atom is 0.320 e. The first-order valence-corrected chi connectivity index (χ1v) is 11.2. The monoisotopic (exact) mass is 425 g/mol. The molecule has 4 rings (SSSR count). The van der Waals surface area contributed by atoms with Crippen LogP contribution >= 0.6 is 0 Å². The maximum atomic E-state index is 12.7. The number of carbonyl (C=O) groups excluding carboxylic acids is 1. The molecule has 2 aromatic carbocycles. The fraction of sp³-hybridized carbons (Fsp3) is 0.238. The Morgan fingerprint density at radius 1 is 1.13 bits per heavy atom. The average molecular weight is 426 g/mol. The van der Waals surface area contributed by atoms with Crippen LogP contribution < -0.4 is 15.8 Å². The zero-order valence-corrected chi connectivity index (χ0v) is 17.3. The summed E-state index contributed by atoms with van der Waals surface area (Å²) in [6, 6.07) is 16.9. The summed E-state index contributed by atoms with van der Waals surface area (Å²) in [5.74, 6) is 1.02. The quantitative estimate of drug-likeness (QED) is 0.561. The second-order valence-corrected chi connectivity index (χ2v) is 8.98. The number of para-hydroxylation sites is 1. The number of hydrogen-bond donors (Lipinski definition) is 3. The molecule has 156 valence electrons. The Labute approximate surface area is 175 Å². The molecule has 3 aromatic rings. The van der Waals surface area contributed by atoms with Gasteiger partial charge >= 0.3 is 6.03 Å². The minimum atomic E-state index is -3.81. The van der Waals surface area contributed by atoms with Crippen LogP contribution in [0.15, 0.2) is 65.6 Å². The van der Waals surface area contributed by atoms with Gasteiger partial charge in [0, 0.05) is 12.0 Å². The van der Waals surface area contributed by atoms with Gasteiger partial charge in [-0.15, -0.1) is 0 Å². The van der Waals surface area contributed by atoms with Crippen molar-refractivity contribution < 1.29 is 13.2 Å². The van der Waals surface area contributed by atoms with E-state index in [-0.39, 0.29) is 4.90 Å². The molecule has 8 nitrogen and oxygen atoms in total. The molecule has 0 radical (unpaired) electrons. The number of amides is 2. The Morgan fingerprint density at radius 2 is 1.87 bits per heavy atom. The molecule has 4 N–H and O–H groups in total. The molecule has 0 spiro atoms. The van der Waals surface area contributed by atoms with Gasteiger partial charge in [0.15, 0.2) is 0 Å². The van der Waals surface area contributed by atoms with Gasteiger partial charge in [-0.3, -0.25) is 5.32 Å².